The van der Waals surface area contributed by atoms with Gasteiger partial charge >= 0.3 is 6.18 Å². The van der Waals surface area contributed by atoms with Crippen LogP contribution in [0.25, 0.3) is 10.9 Å². The van der Waals surface area contributed by atoms with Gasteiger partial charge in [-0.25, -0.2) is 27.2 Å². The van der Waals surface area contributed by atoms with E-state index in [0.29, 0.717) is 46.4 Å². The quantitative estimate of drug-likeness (QED) is 0.144. The summed E-state index contributed by atoms with van der Waals surface area (Å²) in [6, 6.07) is 8.00. The summed E-state index contributed by atoms with van der Waals surface area (Å²) in [6.07, 6.45) is -4.93. The van der Waals surface area contributed by atoms with Crippen molar-refractivity contribution in [3.8, 4) is 0 Å². The largest absolute Gasteiger partial charge is 0.435 e. The number of nitrogens with one attached hydrogen (secondary N) is 2. The molecular formula is C40H38ClF7N10O4S. The van der Waals surface area contributed by atoms with Gasteiger partial charge in [0, 0.05) is 49.7 Å². The summed E-state index contributed by atoms with van der Waals surface area (Å²) in [5.41, 5.74) is -1.89. The molecule has 1 saturated heterocycles. The van der Waals surface area contributed by atoms with E-state index >= 15 is 8.78 Å². The van der Waals surface area contributed by atoms with E-state index in [0.717, 1.165) is 18.4 Å². The molecule has 2 aromatic carbocycles. The first-order valence-electron chi connectivity index (χ1n) is 19.8. The van der Waals surface area contributed by atoms with Crippen LogP contribution in [0.2, 0.25) is 5.02 Å². The van der Waals surface area contributed by atoms with Crippen LogP contribution in [-0.2, 0) is 58.2 Å². The molecule has 0 radical (unpaired) electrons. The SMILES string of the molecule is C[C@@H]1CN(c2ccc3c(n2)N=C([C@H](Cc2cc(F)cc(F)c2)NC(=O)Cn2nc(C(F)(F)F)c4c2C(F)(F)[C@@H]2C[C@H]42)N(c2ccc(Cl)c4c(NS(C)(=O)=O)nn(C)c24)C3)C[C@H](C)O1. The van der Waals surface area contributed by atoms with Crippen molar-refractivity contribution in [2.75, 3.05) is 33.9 Å². The number of morpholine rings is 1. The molecule has 2 fully saturated rings. The Morgan fingerprint density at radius 1 is 1.05 bits per heavy atom. The zero-order valence-corrected chi connectivity index (χ0v) is 35.4. The van der Waals surface area contributed by atoms with Crippen LogP contribution in [0.15, 0.2) is 47.5 Å². The Labute approximate surface area is 360 Å². The van der Waals surface area contributed by atoms with Crippen molar-refractivity contribution in [3.05, 3.63) is 87.2 Å². The average Bonchev–Trinajstić information content (AvgIpc) is 3.71. The summed E-state index contributed by atoms with van der Waals surface area (Å²) in [4.78, 5) is 27.6. The second-order valence-corrected chi connectivity index (χ2v) is 18.6. The minimum Gasteiger partial charge on any atom is -0.372 e. The predicted molar refractivity (Wildman–Crippen MR) is 218 cm³/mol. The van der Waals surface area contributed by atoms with Crippen LogP contribution in [0.4, 0.5) is 53.9 Å². The Morgan fingerprint density at radius 3 is 2.41 bits per heavy atom. The van der Waals surface area contributed by atoms with E-state index in [2.05, 4.69) is 20.2 Å². The number of amidine groups is 1. The summed E-state index contributed by atoms with van der Waals surface area (Å²) in [6.45, 7) is 3.76. The minimum atomic E-state index is -5.08. The number of nitrogens with zero attached hydrogens (tertiary/aromatic N) is 8. The van der Waals surface area contributed by atoms with Gasteiger partial charge in [0.2, 0.25) is 15.9 Å². The van der Waals surface area contributed by atoms with Gasteiger partial charge in [-0.1, -0.05) is 11.6 Å². The minimum absolute atomic E-state index is 0.00424. The molecule has 5 aromatic rings. The molecule has 1 amide bonds. The number of aryl methyl sites for hydroxylation is 1. The number of aliphatic imine (C=N–C) groups is 1. The third kappa shape index (κ3) is 7.93. The highest BCUT2D eigenvalue weighted by atomic mass is 35.5. The fraction of sp³-hybridized carbons (Fsp3) is 0.425. The number of ether oxygens (including phenoxy) is 1. The highest BCUT2D eigenvalue weighted by molar-refractivity contribution is 7.92. The van der Waals surface area contributed by atoms with Crippen molar-refractivity contribution in [1.82, 2.24) is 29.9 Å². The smallest absolute Gasteiger partial charge is 0.372 e. The molecule has 5 heterocycles. The number of pyridine rings is 1. The first-order valence-corrected chi connectivity index (χ1v) is 22.0. The molecule has 63 heavy (non-hydrogen) atoms. The summed E-state index contributed by atoms with van der Waals surface area (Å²) in [5, 5.41) is 10.9. The topological polar surface area (TPSA) is 152 Å². The highest BCUT2D eigenvalue weighted by Gasteiger charge is 2.68. The number of alkyl halides is 5. The maximum Gasteiger partial charge on any atom is 0.435 e. The first kappa shape index (κ1) is 42.8. The number of hydrogen-bond acceptors (Lipinski definition) is 10. The fourth-order valence-electron chi connectivity index (χ4n) is 9.09. The zero-order valence-electron chi connectivity index (χ0n) is 33.8. The standard InChI is InChI=1S/C40H38ClF7N10O4S/c1-18-14-56(15-19(2)62-18)29-8-5-21-16-57(28-7-6-26(41)32-33(28)55(3)53-37(32)54-63(4,60)61)38(51-36(21)50-29)27(11-20-9-22(42)12-23(43)10-20)49-30(59)17-58-35-31(34(52-58)40(46,47)48)24-13-25(24)39(35,44)45/h5-10,12,18-19,24-25,27H,11,13-17H2,1-4H3,(H,49,59)(H,53,54)/t18-,19+,24-,25+,27-/m0/s1. The number of carbonyl (C=O) groups is 1. The summed E-state index contributed by atoms with van der Waals surface area (Å²) in [5.74, 6) is -8.40. The van der Waals surface area contributed by atoms with Crippen molar-refractivity contribution in [2.45, 2.75) is 76.0 Å². The average molecular weight is 923 g/mol. The molecule has 14 nitrogen and oxygen atoms in total. The van der Waals surface area contributed by atoms with Crippen molar-refractivity contribution >= 4 is 67.4 Å². The molecule has 334 valence electrons. The number of anilines is 3. The number of carbonyl (C=O) groups excluding carboxylic acids is 1. The van der Waals surface area contributed by atoms with E-state index in [-0.39, 0.29) is 65.0 Å². The number of sulfonamides is 1. The van der Waals surface area contributed by atoms with Gasteiger partial charge in [0.15, 0.2) is 17.3 Å². The lowest BCUT2D eigenvalue weighted by atomic mass is 10.0. The molecule has 0 unspecified atom stereocenters. The molecule has 0 spiro atoms. The third-order valence-corrected chi connectivity index (χ3v) is 12.4. The number of halogens is 8. The summed E-state index contributed by atoms with van der Waals surface area (Å²) < 4.78 is 138. The van der Waals surface area contributed by atoms with Crippen LogP contribution < -0.4 is 19.8 Å². The van der Waals surface area contributed by atoms with Gasteiger partial charge in [-0.15, -0.1) is 0 Å². The Balaban J connectivity index is 1.18. The van der Waals surface area contributed by atoms with Crippen LogP contribution in [0.1, 0.15) is 54.3 Å². The van der Waals surface area contributed by atoms with Crippen molar-refractivity contribution in [2.24, 2.45) is 18.0 Å². The van der Waals surface area contributed by atoms with Crippen LogP contribution in [0.5, 0.6) is 0 Å². The number of amides is 1. The molecule has 5 atom stereocenters. The molecule has 2 aliphatic heterocycles. The van der Waals surface area contributed by atoms with E-state index in [1.165, 1.54) is 17.8 Å². The van der Waals surface area contributed by atoms with Gasteiger partial charge in [0.1, 0.15) is 35.5 Å². The first-order chi connectivity index (χ1) is 29.5. The molecule has 9 rings (SSSR count). The second-order valence-electron chi connectivity index (χ2n) is 16.4. The van der Waals surface area contributed by atoms with Crippen LogP contribution in [0.3, 0.4) is 0 Å². The van der Waals surface area contributed by atoms with E-state index in [1.807, 2.05) is 24.8 Å². The number of hydrogen-bond donors (Lipinski definition) is 2. The lowest BCUT2D eigenvalue weighted by molar-refractivity contribution is -0.142. The van der Waals surface area contributed by atoms with Crippen LogP contribution in [-0.4, -0.2) is 82.3 Å². The number of benzene rings is 2. The zero-order chi connectivity index (χ0) is 45.1. The highest BCUT2D eigenvalue weighted by Crippen LogP contribution is 2.68. The Bertz CT molecular complexity index is 2820. The van der Waals surface area contributed by atoms with Crippen LogP contribution in [0, 0.1) is 17.6 Å². The molecule has 2 aliphatic carbocycles. The van der Waals surface area contributed by atoms with Crippen molar-refractivity contribution < 1.29 is 48.7 Å². The normalized spacial score (nSPS) is 22.1. The molecule has 4 aliphatic rings. The molecule has 23 heteroatoms. The number of aromatic nitrogens is 5. The monoisotopic (exact) mass is 922 g/mol. The molecular weight excluding hydrogens is 885 g/mol. The number of fused-ring (bicyclic) bond motifs is 5. The van der Waals surface area contributed by atoms with Gasteiger partial charge in [-0.2, -0.15) is 32.1 Å². The molecule has 1 saturated carbocycles. The van der Waals surface area contributed by atoms with E-state index in [9.17, 15) is 35.2 Å². The van der Waals surface area contributed by atoms with E-state index < -0.39 is 81.0 Å². The van der Waals surface area contributed by atoms with Crippen molar-refractivity contribution in [1.29, 1.82) is 0 Å². The molecule has 3 aromatic heterocycles. The summed E-state index contributed by atoms with van der Waals surface area (Å²) >= 11 is 6.67. The molecule has 0 bridgehead atoms. The lowest BCUT2D eigenvalue weighted by Gasteiger charge is -2.37. The maximum atomic E-state index is 15.5. The Kier molecular flexibility index (Phi) is 10.2. The lowest BCUT2D eigenvalue weighted by Crippen LogP contribution is -2.51. The Hall–Kier alpha value is -5.48. The van der Waals surface area contributed by atoms with Gasteiger partial charge < -0.3 is 19.9 Å². The maximum absolute atomic E-state index is 15.5. The third-order valence-electron chi connectivity index (χ3n) is 11.5. The van der Waals surface area contributed by atoms with E-state index in [4.69, 9.17) is 26.3 Å². The van der Waals surface area contributed by atoms with Crippen LogP contribution >= 0.6 is 11.6 Å². The van der Waals surface area contributed by atoms with Gasteiger partial charge in [-0.05, 0) is 68.1 Å². The summed E-state index contributed by atoms with van der Waals surface area (Å²) in [7, 11) is -2.32. The van der Waals surface area contributed by atoms with E-state index in [1.54, 1.807) is 17.0 Å². The predicted octanol–water partition coefficient (Wildman–Crippen LogP) is 6.79. The van der Waals surface area contributed by atoms with Gasteiger partial charge in [0.05, 0.1) is 52.7 Å². The second kappa shape index (κ2) is 15.1. The Morgan fingerprint density at radius 2 is 1.75 bits per heavy atom. The number of rotatable bonds is 10. The van der Waals surface area contributed by atoms with Gasteiger partial charge in [-0.3, -0.25) is 18.9 Å². The molecule has 2 N–H and O–H groups in total. The fourth-order valence-corrected chi connectivity index (χ4v) is 9.82. The van der Waals surface area contributed by atoms with Gasteiger partial charge in [0.25, 0.3) is 5.92 Å². The van der Waals surface area contributed by atoms with Crippen molar-refractivity contribution in [3.63, 3.8) is 0 Å².